The molecule has 1 N–H and O–H groups in total. The number of carbonyl (C=O) groups is 4. The van der Waals surface area contributed by atoms with Gasteiger partial charge in [0.1, 0.15) is 6.54 Å². The molecular formula is C15H16BrN3O4. The molecule has 1 aromatic carbocycles. The van der Waals surface area contributed by atoms with E-state index in [1.807, 2.05) is 6.92 Å². The molecule has 8 heteroatoms. The van der Waals surface area contributed by atoms with Crippen LogP contribution < -0.4 is 5.32 Å². The summed E-state index contributed by atoms with van der Waals surface area (Å²) in [5.41, 5.74) is 0.526. The number of rotatable bonds is 6. The molecule has 0 radical (unpaired) electrons. The van der Waals surface area contributed by atoms with E-state index in [0.29, 0.717) is 17.0 Å². The highest BCUT2D eigenvalue weighted by Gasteiger charge is 2.44. The fourth-order valence-corrected chi connectivity index (χ4v) is 2.51. The van der Waals surface area contributed by atoms with Crippen LogP contribution in [0, 0.1) is 0 Å². The van der Waals surface area contributed by atoms with Gasteiger partial charge in [0.2, 0.25) is 5.91 Å². The summed E-state index contributed by atoms with van der Waals surface area (Å²) in [5, 5.41) is 2.58. The number of imide groups is 2. The van der Waals surface area contributed by atoms with Crippen molar-refractivity contribution in [2.75, 3.05) is 18.4 Å². The zero-order valence-electron chi connectivity index (χ0n) is 12.5. The lowest BCUT2D eigenvalue weighted by Gasteiger charge is -2.15. The lowest BCUT2D eigenvalue weighted by atomic mass is 10.3. The van der Waals surface area contributed by atoms with E-state index in [0.717, 1.165) is 15.8 Å². The van der Waals surface area contributed by atoms with Crippen LogP contribution in [0.15, 0.2) is 28.7 Å². The number of nitrogens with zero attached hydrogens (tertiary/aromatic N) is 2. The molecule has 0 bridgehead atoms. The molecule has 1 heterocycles. The molecule has 1 saturated heterocycles. The summed E-state index contributed by atoms with van der Waals surface area (Å²) in [6, 6.07) is 6.16. The minimum atomic E-state index is -0.963. The number of nitrogens with one attached hydrogen (secondary N) is 1. The van der Waals surface area contributed by atoms with Gasteiger partial charge in [-0.2, -0.15) is 0 Å². The first-order valence-corrected chi connectivity index (χ1v) is 7.96. The standard InChI is InChI=1S/C15H16BrN3O4/c1-2-3-7-18-13(21)14(22)19(15(18)23)9-12(20)17-11-6-4-5-10(16)8-11/h4-6,8H,2-3,7,9H2,1H3,(H,17,20). The Morgan fingerprint density at radius 2 is 1.87 bits per heavy atom. The predicted octanol–water partition coefficient (Wildman–Crippen LogP) is 1.98. The minimum absolute atomic E-state index is 0.184. The molecule has 0 aliphatic carbocycles. The lowest BCUT2D eigenvalue weighted by molar-refractivity contribution is -0.143. The van der Waals surface area contributed by atoms with Crippen LogP contribution in [0.1, 0.15) is 19.8 Å². The number of urea groups is 1. The van der Waals surface area contributed by atoms with Crippen molar-refractivity contribution < 1.29 is 19.2 Å². The highest BCUT2D eigenvalue weighted by molar-refractivity contribution is 9.10. The molecule has 0 aromatic heterocycles. The molecule has 7 nitrogen and oxygen atoms in total. The maximum atomic E-state index is 12.1. The van der Waals surface area contributed by atoms with Gasteiger partial charge < -0.3 is 5.32 Å². The Morgan fingerprint density at radius 3 is 2.52 bits per heavy atom. The second kappa shape index (κ2) is 7.36. The second-order valence-corrected chi connectivity index (χ2v) is 5.96. The largest absolute Gasteiger partial charge is 0.334 e. The number of unbranched alkanes of at least 4 members (excludes halogenated alkanes) is 1. The summed E-state index contributed by atoms with van der Waals surface area (Å²) in [4.78, 5) is 49.3. The number of hydrogen-bond donors (Lipinski definition) is 1. The van der Waals surface area contributed by atoms with E-state index in [4.69, 9.17) is 0 Å². The number of anilines is 1. The van der Waals surface area contributed by atoms with E-state index in [1.165, 1.54) is 0 Å². The quantitative estimate of drug-likeness (QED) is 0.602. The SMILES string of the molecule is CCCCN1C(=O)C(=O)N(CC(=O)Nc2cccc(Br)c2)C1=O. The van der Waals surface area contributed by atoms with Crippen molar-refractivity contribution in [1.82, 2.24) is 9.80 Å². The molecule has 0 saturated carbocycles. The van der Waals surface area contributed by atoms with E-state index in [-0.39, 0.29) is 6.54 Å². The van der Waals surface area contributed by atoms with Crippen molar-refractivity contribution in [1.29, 1.82) is 0 Å². The van der Waals surface area contributed by atoms with Gasteiger partial charge >= 0.3 is 17.8 Å². The predicted molar refractivity (Wildman–Crippen MR) is 86.5 cm³/mol. The maximum Gasteiger partial charge on any atom is 0.334 e. The van der Waals surface area contributed by atoms with Crippen LogP contribution >= 0.6 is 15.9 Å². The van der Waals surface area contributed by atoms with Gasteiger partial charge in [-0.25, -0.2) is 9.69 Å². The van der Waals surface area contributed by atoms with Gasteiger partial charge in [-0.1, -0.05) is 35.3 Å². The molecule has 0 atom stereocenters. The van der Waals surface area contributed by atoms with Gasteiger partial charge in [0.15, 0.2) is 0 Å². The summed E-state index contributed by atoms with van der Waals surface area (Å²) >= 11 is 3.28. The Bertz CT molecular complexity index is 662. The Labute approximate surface area is 141 Å². The first kappa shape index (κ1) is 17.1. The normalized spacial score (nSPS) is 14.6. The Balaban J connectivity index is 2.01. The molecule has 1 aliphatic heterocycles. The topological polar surface area (TPSA) is 86.8 Å². The van der Waals surface area contributed by atoms with Crippen LogP contribution in [-0.2, 0) is 14.4 Å². The molecule has 0 unspecified atom stereocenters. The smallest absolute Gasteiger partial charge is 0.324 e. The molecule has 1 fully saturated rings. The van der Waals surface area contributed by atoms with Crippen molar-refractivity contribution in [3.05, 3.63) is 28.7 Å². The fourth-order valence-electron chi connectivity index (χ4n) is 2.11. The summed E-state index contributed by atoms with van der Waals surface area (Å²) in [6.45, 7) is 1.61. The summed E-state index contributed by atoms with van der Waals surface area (Å²) < 4.78 is 0.782. The van der Waals surface area contributed by atoms with Crippen LogP contribution in [0.3, 0.4) is 0 Å². The first-order chi connectivity index (χ1) is 10.9. The third-order valence-electron chi connectivity index (χ3n) is 3.28. The van der Waals surface area contributed by atoms with Crippen LogP contribution in [0.25, 0.3) is 0 Å². The Morgan fingerprint density at radius 1 is 1.17 bits per heavy atom. The number of hydrogen-bond acceptors (Lipinski definition) is 4. The summed E-state index contributed by atoms with van der Waals surface area (Å²) in [5.74, 6) is -2.39. The van der Waals surface area contributed by atoms with Gasteiger partial charge in [-0.15, -0.1) is 0 Å². The average molecular weight is 382 g/mol. The van der Waals surface area contributed by atoms with Crippen molar-refractivity contribution in [3.63, 3.8) is 0 Å². The van der Waals surface area contributed by atoms with E-state index < -0.39 is 30.3 Å². The Hall–Kier alpha value is -2.22. The van der Waals surface area contributed by atoms with Gasteiger partial charge in [-0.05, 0) is 24.6 Å². The number of amides is 5. The van der Waals surface area contributed by atoms with E-state index in [9.17, 15) is 19.2 Å². The second-order valence-electron chi connectivity index (χ2n) is 5.04. The molecule has 122 valence electrons. The average Bonchev–Trinajstić information content (AvgIpc) is 2.69. The highest BCUT2D eigenvalue weighted by Crippen LogP contribution is 2.17. The van der Waals surface area contributed by atoms with Crippen LogP contribution in [0.4, 0.5) is 10.5 Å². The lowest BCUT2D eigenvalue weighted by Crippen LogP contribution is -2.39. The molecule has 1 aliphatic rings. The number of benzene rings is 1. The van der Waals surface area contributed by atoms with Gasteiger partial charge in [0, 0.05) is 16.7 Å². The third-order valence-corrected chi connectivity index (χ3v) is 3.77. The van der Waals surface area contributed by atoms with Crippen LogP contribution in [0.5, 0.6) is 0 Å². The molecule has 0 spiro atoms. The van der Waals surface area contributed by atoms with Crippen LogP contribution in [-0.4, -0.2) is 46.6 Å². The number of halogens is 1. The van der Waals surface area contributed by atoms with Crippen LogP contribution in [0.2, 0.25) is 0 Å². The van der Waals surface area contributed by atoms with Gasteiger partial charge in [0.25, 0.3) is 0 Å². The molecule has 5 amide bonds. The zero-order chi connectivity index (χ0) is 17.0. The fraction of sp³-hybridized carbons (Fsp3) is 0.333. The first-order valence-electron chi connectivity index (χ1n) is 7.16. The van der Waals surface area contributed by atoms with Gasteiger partial charge in [0.05, 0.1) is 0 Å². The summed E-state index contributed by atoms with van der Waals surface area (Å²) in [7, 11) is 0. The molecule has 1 aromatic rings. The third kappa shape index (κ3) is 3.95. The number of carbonyl (C=O) groups excluding carboxylic acids is 4. The van der Waals surface area contributed by atoms with Crippen molar-refractivity contribution in [3.8, 4) is 0 Å². The Kier molecular flexibility index (Phi) is 5.49. The molecular weight excluding hydrogens is 366 g/mol. The van der Waals surface area contributed by atoms with E-state index >= 15 is 0 Å². The monoisotopic (exact) mass is 381 g/mol. The van der Waals surface area contributed by atoms with E-state index in [2.05, 4.69) is 21.2 Å². The van der Waals surface area contributed by atoms with Crippen molar-refractivity contribution in [2.45, 2.75) is 19.8 Å². The molecule has 23 heavy (non-hydrogen) atoms. The summed E-state index contributed by atoms with van der Waals surface area (Å²) in [6.07, 6.45) is 1.40. The maximum absolute atomic E-state index is 12.1. The van der Waals surface area contributed by atoms with Crippen molar-refractivity contribution >= 4 is 45.4 Å². The highest BCUT2D eigenvalue weighted by atomic mass is 79.9. The van der Waals surface area contributed by atoms with E-state index in [1.54, 1.807) is 24.3 Å². The molecule has 2 rings (SSSR count). The minimum Gasteiger partial charge on any atom is -0.324 e. The van der Waals surface area contributed by atoms with Crippen molar-refractivity contribution in [2.24, 2.45) is 0 Å². The zero-order valence-corrected chi connectivity index (χ0v) is 14.1. The van der Waals surface area contributed by atoms with Gasteiger partial charge in [-0.3, -0.25) is 19.3 Å².